The standard InChI is InChI=1S/C19H26N2O/c1-19-10-9-15-14-6-4-13(22-2)11-12(14)3-5-16(15)17(19)7-8-18(19)21-20/h4,6,11,15-17H,3,5,7-10,20H2,1-2H3/b21-18+/t15-,16-,17+,19+/m1/s1. The number of aryl methyl sites for hydroxylation is 1. The number of nitrogens with two attached hydrogens (primary N) is 1. The highest BCUT2D eigenvalue weighted by molar-refractivity contribution is 5.92. The van der Waals surface area contributed by atoms with Crippen LogP contribution < -0.4 is 10.6 Å². The normalized spacial score (nSPS) is 38.3. The maximum atomic E-state index is 5.68. The van der Waals surface area contributed by atoms with Crippen LogP contribution in [0.25, 0.3) is 0 Å². The van der Waals surface area contributed by atoms with Crippen molar-refractivity contribution in [2.24, 2.45) is 28.2 Å². The fraction of sp³-hybridized carbons (Fsp3) is 0.632. The molecule has 4 atom stereocenters. The van der Waals surface area contributed by atoms with E-state index in [1.165, 1.54) is 43.4 Å². The predicted octanol–water partition coefficient (Wildman–Crippen LogP) is 3.87. The van der Waals surface area contributed by atoms with Crippen LogP contribution in [0.5, 0.6) is 5.75 Å². The smallest absolute Gasteiger partial charge is 0.119 e. The Bertz CT molecular complexity index is 624. The van der Waals surface area contributed by atoms with Crippen molar-refractivity contribution < 1.29 is 4.74 Å². The van der Waals surface area contributed by atoms with Crippen LogP contribution in [0.3, 0.4) is 0 Å². The quantitative estimate of drug-likeness (QED) is 0.632. The summed E-state index contributed by atoms with van der Waals surface area (Å²) >= 11 is 0. The molecule has 0 radical (unpaired) electrons. The van der Waals surface area contributed by atoms with Crippen molar-refractivity contribution >= 4 is 5.71 Å². The fourth-order valence-electron chi connectivity index (χ4n) is 5.69. The van der Waals surface area contributed by atoms with Gasteiger partial charge < -0.3 is 10.6 Å². The number of rotatable bonds is 1. The van der Waals surface area contributed by atoms with Gasteiger partial charge in [-0.3, -0.25) is 0 Å². The molecule has 22 heavy (non-hydrogen) atoms. The van der Waals surface area contributed by atoms with E-state index in [9.17, 15) is 0 Å². The van der Waals surface area contributed by atoms with Crippen molar-refractivity contribution in [3.05, 3.63) is 29.3 Å². The second-order valence-corrected chi connectivity index (χ2v) is 7.55. The Hall–Kier alpha value is -1.51. The first-order valence-electron chi connectivity index (χ1n) is 8.61. The van der Waals surface area contributed by atoms with E-state index in [0.29, 0.717) is 0 Å². The Morgan fingerprint density at radius 1 is 1.23 bits per heavy atom. The van der Waals surface area contributed by atoms with Gasteiger partial charge in [-0.1, -0.05) is 13.0 Å². The van der Waals surface area contributed by atoms with Crippen molar-refractivity contribution in [2.45, 2.75) is 51.4 Å². The van der Waals surface area contributed by atoms with Crippen molar-refractivity contribution in [1.29, 1.82) is 0 Å². The molecule has 0 aliphatic heterocycles. The molecule has 3 heteroatoms. The van der Waals surface area contributed by atoms with E-state index < -0.39 is 0 Å². The summed E-state index contributed by atoms with van der Waals surface area (Å²) in [5, 5.41) is 4.15. The number of hydrazone groups is 1. The molecule has 4 rings (SSSR count). The lowest BCUT2D eigenvalue weighted by atomic mass is 9.55. The molecule has 2 fully saturated rings. The first-order chi connectivity index (χ1) is 10.7. The van der Waals surface area contributed by atoms with Crippen LogP contribution in [-0.4, -0.2) is 12.8 Å². The Labute approximate surface area is 132 Å². The van der Waals surface area contributed by atoms with Crippen LogP contribution in [0, 0.1) is 17.3 Å². The minimum absolute atomic E-state index is 0.264. The molecule has 0 unspecified atom stereocenters. The molecule has 0 heterocycles. The van der Waals surface area contributed by atoms with Gasteiger partial charge in [0.25, 0.3) is 0 Å². The summed E-state index contributed by atoms with van der Waals surface area (Å²) in [6.45, 7) is 2.41. The molecule has 0 saturated heterocycles. The van der Waals surface area contributed by atoms with Crippen LogP contribution in [0.4, 0.5) is 0 Å². The van der Waals surface area contributed by atoms with Gasteiger partial charge in [-0.2, -0.15) is 5.10 Å². The third kappa shape index (κ3) is 1.84. The van der Waals surface area contributed by atoms with Crippen LogP contribution >= 0.6 is 0 Å². The van der Waals surface area contributed by atoms with Gasteiger partial charge in [0.2, 0.25) is 0 Å². The van der Waals surface area contributed by atoms with Gasteiger partial charge in [0.15, 0.2) is 0 Å². The van der Waals surface area contributed by atoms with Crippen LogP contribution in [0.2, 0.25) is 0 Å². The maximum Gasteiger partial charge on any atom is 0.119 e. The molecular weight excluding hydrogens is 272 g/mol. The van der Waals surface area contributed by atoms with E-state index in [4.69, 9.17) is 10.6 Å². The predicted molar refractivity (Wildman–Crippen MR) is 89.2 cm³/mol. The zero-order valence-electron chi connectivity index (χ0n) is 13.6. The minimum atomic E-state index is 0.264. The van der Waals surface area contributed by atoms with E-state index in [1.807, 2.05) is 0 Å². The van der Waals surface area contributed by atoms with E-state index in [-0.39, 0.29) is 5.41 Å². The van der Waals surface area contributed by atoms with Crippen molar-refractivity contribution in [3.8, 4) is 5.75 Å². The first kappa shape index (κ1) is 14.1. The lowest BCUT2D eigenvalue weighted by Gasteiger charge is -2.49. The second-order valence-electron chi connectivity index (χ2n) is 7.55. The SMILES string of the molecule is COc1ccc2c(c1)CC[C@@H]1[C@@H]2CC[C@]2(C)/C(=N/N)CC[C@@H]12. The molecule has 1 aromatic rings. The summed E-state index contributed by atoms with van der Waals surface area (Å²) in [6.07, 6.45) is 7.39. The summed E-state index contributed by atoms with van der Waals surface area (Å²) in [4.78, 5) is 0. The van der Waals surface area contributed by atoms with E-state index in [1.54, 1.807) is 12.7 Å². The molecule has 0 spiro atoms. The number of hydrogen-bond donors (Lipinski definition) is 1. The summed E-state index contributed by atoms with van der Waals surface area (Å²) < 4.78 is 5.40. The Balaban J connectivity index is 1.69. The lowest BCUT2D eigenvalue weighted by molar-refractivity contribution is 0.0955. The summed E-state index contributed by atoms with van der Waals surface area (Å²) in [5.74, 6) is 8.97. The zero-order chi connectivity index (χ0) is 15.3. The van der Waals surface area contributed by atoms with Gasteiger partial charge in [0.05, 0.1) is 7.11 Å². The summed E-state index contributed by atoms with van der Waals surface area (Å²) in [5.41, 5.74) is 4.63. The zero-order valence-corrected chi connectivity index (χ0v) is 13.6. The number of fused-ring (bicyclic) bond motifs is 5. The average molecular weight is 298 g/mol. The topological polar surface area (TPSA) is 47.6 Å². The van der Waals surface area contributed by atoms with Crippen molar-refractivity contribution in [1.82, 2.24) is 0 Å². The van der Waals surface area contributed by atoms with E-state index >= 15 is 0 Å². The highest BCUT2D eigenvalue weighted by Crippen LogP contribution is 2.59. The first-order valence-corrected chi connectivity index (χ1v) is 8.61. The molecule has 3 aliphatic carbocycles. The minimum Gasteiger partial charge on any atom is -0.497 e. The van der Waals surface area contributed by atoms with Crippen molar-refractivity contribution in [3.63, 3.8) is 0 Å². The average Bonchev–Trinajstić information content (AvgIpc) is 2.90. The van der Waals surface area contributed by atoms with Crippen LogP contribution in [-0.2, 0) is 6.42 Å². The molecule has 3 aliphatic rings. The van der Waals surface area contributed by atoms with E-state index in [0.717, 1.165) is 29.9 Å². The molecule has 0 aromatic heterocycles. The van der Waals surface area contributed by atoms with Crippen LogP contribution in [0.1, 0.15) is 56.1 Å². The van der Waals surface area contributed by atoms with Gasteiger partial charge in [-0.15, -0.1) is 0 Å². The molecule has 2 N–H and O–H groups in total. The van der Waals surface area contributed by atoms with Gasteiger partial charge in [0.1, 0.15) is 5.75 Å². The molecule has 1 aromatic carbocycles. The summed E-state index contributed by atoms with van der Waals surface area (Å²) in [7, 11) is 1.76. The lowest BCUT2D eigenvalue weighted by Crippen LogP contribution is -2.42. The maximum absolute atomic E-state index is 5.68. The monoisotopic (exact) mass is 298 g/mol. The number of nitrogens with zero attached hydrogens (tertiary/aromatic N) is 1. The third-order valence-electron chi connectivity index (χ3n) is 6.83. The second kappa shape index (κ2) is 5.00. The van der Waals surface area contributed by atoms with Gasteiger partial charge in [-0.05, 0) is 79.5 Å². The highest BCUT2D eigenvalue weighted by atomic mass is 16.5. The number of methoxy groups -OCH3 is 1. The number of benzene rings is 1. The Morgan fingerprint density at radius 3 is 2.86 bits per heavy atom. The largest absolute Gasteiger partial charge is 0.497 e. The third-order valence-corrected chi connectivity index (χ3v) is 6.83. The number of ether oxygens (including phenoxy) is 1. The van der Waals surface area contributed by atoms with Crippen LogP contribution in [0.15, 0.2) is 23.3 Å². The molecule has 3 nitrogen and oxygen atoms in total. The van der Waals surface area contributed by atoms with Gasteiger partial charge in [0, 0.05) is 11.1 Å². The summed E-state index contributed by atoms with van der Waals surface area (Å²) in [6, 6.07) is 6.71. The van der Waals surface area contributed by atoms with Gasteiger partial charge >= 0.3 is 0 Å². The van der Waals surface area contributed by atoms with Gasteiger partial charge in [-0.25, -0.2) is 0 Å². The Kier molecular flexibility index (Phi) is 3.21. The molecule has 2 saturated carbocycles. The highest BCUT2D eigenvalue weighted by Gasteiger charge is 2.53. The molecule has 0 amide bonds. The molecule has 0 bridgehead atoms. The van der Waals surface area contributed by atoms with Crippen molar-refractivity contribution in [2.75, 3.05) is 7.11 Å². The number of hydrogen-bond acceptors (Lipinski definition) is 3. The molecular formula is C19H26N2O. The Morgan fingerprint density at radius 2 is 2.09 bits per heavy atom. The molecule has 118 valence electrons. The van der Waals surface area contributed by atoms with E-state index in [2.05, 4.69) is 30.2 Å². The fourth-order valence-corrected chi connectivity index (χ4v) is 5.69.